The van der Waals surface area contributed by atoms with Gasteiger partial charge in [-0.3, -0.25) is 0 Å². The first-order valence-corrected chi connectivity index (χ1v) is 13.3. The molecule has 0 bridgehead atoms. The third-order valence-corrected chi connectivity index (χ3v) is 7.24. The Hall–Kier alpha value is -4.96. The van der Waals surface area contributed by atoms with Crippen molar-refractivity contribution in [1.82, 2.24) is 0 Å². The molecule has 40 heavy (non-hydrogen) atoms. The normalized spacial score (nSPS) is 11.1. The van der Waals surface area contributed by atoms with Gasteiger partial charge in [0.25, 0.3) is 0 Å². The molecule has 0 heterocycles. The highest BCUT2D eigenvalue weighted by atomic mass is 16.5. The van der Waals surface area contributed by atoms with Crippen molar-refractivity contribution in [3.05, 3.63) is 167 Å². The van der Waals surface area contributed by atoms with E-state index < -0.39 is 17.4 Å². The van der Waals surface area contributed by atoms with Crippen LogP contribution in [0.5, 0.6) is 11.5 Å². The van der Waals surface area contributed by atoms with Crippen molar-refractivity contribution in [3.63, 3.8) is 0 Å². The molecular weight excluding hydrogens is 496 g/mol. The number of hydrogen-bond acceptors (Lipinski definition) is 4. The number of hydrogen-bond donors (Lipinski definition) is 0. The smallest absolute Gasteiger partial charge is 0.343 e. The molecule has 0 atom stereocenters. The SMILES string of the molecule is CCc1ccc(C(C)(c2ccc(OC(=O)c3ccccc3)cc2)c2ccc(OC(=O)c3ccccc3)cc2)cc1. The molecule has 0 unspecified atom stereocenters. The minimum atomic E-state index is -0.518. The average molecular weight is 527 g/mol. The molecular formula is C36H30O4. The van der Waals surface area contributed by atoms with Gasteiger partial charge in [-0.15, -0.1) is 0 Å². The van der Waals surface area contributed by atoms with Crippen molar-refractivity contribution >= 4 is 11.9 Å². The molecule has 0 saturated heterocycles. The lowest BCUT2D eigenvalue weighted by Crippen LogP contribution is -2.25. The molecule has 0 saturated carbocycles. The summed E-state index contributed by atoms with van der Waals surface area (Å²) in [7, 11) is 0. The zero-order chi connectivity index (χ0) is 28.0. The van der Waals surface area contributed by atoms with Gasteiger partial charge in [-0.2, -0.15) is 0 Å². The second-order valence-corrected chi connectivity index (χ2v) is 9.74. The van der Waals surface area contributed by atoms with Crippen LogP contribution in [0.3, 0.4) is 0 Å². The summed E-state index contributed by atoms with van der Waals surface area (Å²) >= 11 is 0. The van der Waals surface area contributed by atoms with Gasteiger partial charge in [0.2, 0.25) is 0 Å². The van der Waals surface area contributed by atoms with Gasteiger partial charge in [-0.25, -0.2) is 9.59 Å². The third-order valence-electron chi connectivity index (χ3n) is 7.24. The van der Waals surface area contributed by atoms with Crippen molar-refractivity contribution in [2.45, 2.75) is 25.7 Å². The topological polar surface area (TPSA) is 52.6 Å². The van der Waals surface area contributed by atoms with Gasteiger partial charge in [0.15, 0.2) is 0 Å². The van der Waals surface area contributed by atoms with Crippen LogP contribution in [0.4, 0.5) is 0 Å². The van der Waals surface area contributed by atoms with Crippen LogP contribution in [0.1, 0.15) is 56.8 Å². The number of benzene rings is 5. The van der Waals surface area contributed by atoms with E-state index in [1.807, 2.05) is 84.9 Å². The summed E-state index contributed by atoms with van der Waals surface area (Å²) in [6.45, 7) is 4.31. The Labute approximate surface area is 234 Å². The Morgan fingerprint density at radius 2 is 0.875 bits per heavy atom. The molecule has 0 fully saturated rings. The number of ether oxygens (including phenoxy) is 2. The Morgan fingerprint density at radius 1 is 0.525 bits per heavy atom. The fraction of sp³-hybridized carbons (Fsp3) is 0.111. The Morgan fingerprint density at radius 3 is 1.23 bits per heavy atom. The molecule has 4 nitrogen and oxygen atoms in total. The van der Waals surface area contributed by atoms with Crippen LogP contribution >= 0.6 is 0 Å². The van der Waals surface area contributed by atoms with E-state index in [9.17, 15) is 9.59 Å². The molecule has 0 radical (unpaired) electrons. The fourth-order valence-corrected chi connectivity index (χ4v) is 4.77. The number of carbonyl (C=O) groups excluding carboxylic acids is 2. The van der Waals surface area contributed by atoms with Crippen molar-refractivity contribution in [2.24, 2.45) is 0 Å². The monoisotopic (exact) mass is 526 g/mol. The first-order valence-electron chi connectivity index (χ1n) is 13.3. The highest BCUT2D eigenvalue weighted by Gasteiger charge is 2.31. The molecule has 5 aromatic carbocycles. The molecule has 0 aliphatic rings. The molecule has 0 N–H and O–H groups in total. The highest BCUT2D eigenvalue weighted by Crippen LogP contribution is 2.40. The predicted octanol–water partition coefficient (Wildman–Crippen LogP) is 8.04. The molecule has 5 rings (SSSR count). The maximum absolute atomic E-state index is 12.5. The number of carbonyl (C=O) groups is 2. The van der Waals surface area contributed by atoms with Crippen LogP contribution in [0.2, 0.25) is 0 Å². The van der Waals surface area contributed by atoms with E-state index >= 15 is 0 Å². The number of aryl methyl sites for hydroxylation is 1. The summed E-state index contributed by atoms with van der Waals surface area (Å²) in [6, 6.07) is 41.8. The van der Waals surface area contributed by atoms with Crippen LogP contribution < -0.4 is 9.47 Å². The number of esters is 2. The zero-order valence-electron chi connectivity index (χ0n) is 22.5. The summed E-state index contributed by atoms with van der Waals surface area (Å²) < 4.78 is 11.2. The fourth-order valence-electron chi connectivity index (χ4n) is 4.77. The summed E-state index contributed by atoms with van der Waals surface area (Å²) in [5.74, 6) is 0.160. The third kappa shape index (κ3) is 5.71. The molecule has 0 aliphatic carbocycles. The van der Waals surface area contributed by atoms with E-state index in [0.717, 1.165) is 23.1 Å². The highest BCUT2D eigenvalue weighted by molar-refractivity contribution is 5.91. The summed E-state index contributed by atoms with van der Waals surface area (Å²) in [5.41, 5.74) is 4.93. The quantitative estimate of drug-likeness (QED) is 0.117. The van der Waals surface area contributed by atoms with E-state index in [4.69, 9.17) is 9.47 Å². The summed E-state index contributed by atoms with van der Waals surface area (Å²) in [5, 5.41) is 0. The van der Waals surface area contributed by atoms with E-state index in [1.54, 1.807) is 24.3 Å². The van der Waals surface area contributed by atoms with Crippen LogP contribution in [-0.4, -0.2) is 11.9 Å². The second kappa shape index (κ2) is 11.8. The first-order chi connectivity index (χ1) is 19.5. The molecule has 0 amide bonds. The van der Waals surface area contributed by atoms with Gasteiger partial charge >= 0.3 is 11.9 Å². The van der Waals surface area contributed by atoms with E-state index in [0.29, 0.717) is 22.6 Å². The first kappa shape index (κ1) is 26.6. The van der Waals surface area contributed by atoms with Crippen molar-refractivity contribution in [2.75, 3.05) is 0 Å². The van der Waals surface area contributed by atoms with E-state index in [1.165, 1.54) is 5.56 Å². The van der Waals surface area contributed by atoms with Crippen LogP contribution in [0.15, 0.2) is 133 Å². The van der Waals surface area contributed by atoms with Crippen LogP contribution in [0, 0.1) is 0 Å². The molecule has 0 spiro atoms. The summed E-state index contributed by atoms with van der Waals surface area (Å²) in [4.78, 5) is 25.1. The van der Waals surface area contributed by atoms with Gasteiger partial charge in [-0.05, 0) is 84.1 Å². The molecule has 0 aromatic heterocycles. The molecule has 5 aromatic rings. The van der Waals surface area contributed by atoms with E-state index in [-0.39, 0.29) is 0 Å². The Kier molecular flexibility index (Phi) is 7.88. The molecule has 0 aliphatic heterocycles. The van der Waals surface area contributed by atoms with Gasteiger partial charge in [0.1, 0.15) is 11.5 Å². The van der Waals surface area contributed by atoms with E-state index in [2.05, 4.69) is 38.1 Å². The maximum atomic E-state index is 12.5. The van der Waals surface area contributed by atoms with Crippen molar-refractivity contribution in [1.29, 1.82) is 0 Å². The van der Waals surface area contributed by atoms with Crippen LogP contribution in [0.25, 0.3) is 0 Å². The zero-order valence-corrected chi connectivity index (χ0v) is 22.5. The lowest BCUT2D eigenvalue weighted by Gasteiger charge is -2.32. The largest absolute Gasteiger partial charge is 0.423 e. The predicted molar refractivity (Wildman–Crippen MR) is 157 cm³/mol. The Bertz CT molecular complexity index is 1470. The van der Waals surface area contributed by atoms with Gasteiger partial charge in [-0.1, -0.05) is 91.9 Å². The molecule has 4 heteroatoms. The van der Waals surface area contributed by atoms with Crippen LogP contribution in [-0.2, 0) is 11.8 Å². The lowest BCUT2D eigenvalue weighted by atomic mass is 9.71. The van der Waals surface area contributed by atoms with Crippen molar-refractivity contribution < 1.29 is 19.1 Å². The van der Waals surface area contributed by atoms with Gasteiger partial charge in [0.05, 0.1) is 11.1 Å². The van der Waals surface area contributed by atoms with Gasteiger partial charge in [0, 0.05) is 5.41 Å². The average Bonchev–Trinajstić information content (AvgIpc) is 3.02. The number of rotatable bonds is 8. The Balaban J connectivity index is 1.44. The van der Waals surface area contributed by atoms with Crippen molar-refractivity contribution in [3.8, 4) is 11.5 Å². The minimum absolute atomic E-state index is 0.396. The lowest BCUT2D eigenvalue weighted by molar-refractivity contribution is 0.0725. The molecule has 198 valence electrons. The maximum Gasteiger partial charge on any atom is 0.343 e. The minimum Gasteiger partial charge on any atom is -0.423 e. The summed E-state index contributed by atoms with van der Waals surface area (Å²) in [6.07, 6.45) is 0.958. The standard InChI is InChI=1S/C36H30O4/c1-3-26-14-16-29(17-15-26)36(2,30-18-22-32(23-19-30)39-34(37)27-10-6-4-7-11-27)31-20-24-33(25-21-31)40-35(38)28-12-8-5-9-13-28/h4-25H,3H2,1-2H3. The second-order valence-electron chi connectivity index (χ2n) is 9.74. The van der Waals surface area contributed by atoms with Gasteiger partial charge < -0.3 is 9.47 Å².